The number of hydrogen-bond acceptors (Lipinski definition) is 6. The van der Waals surface area contributed by atoms with E-state index in [0.29, 0.717) is 34.0 Å². The number of rotatable bonds is 4. The molecule has 4 rings (SSSR count). The average molecular weight is 431 g/mol. The molecule has 0 amide bonds. The van der Waals surface area contributed by atoms with Crippen LogP contribution in [0.25, 0.3) is 22.5 Å². The van der Waals surface area contributed by atoms with Crippen LogP contribution in [-0.2, 0) is 0 Å². The molecule has 0 spiro atoms. The first-order chi connectivity index (χ1) is 14.9. The monoisotopic (exact) mass is 430 g/mol. The van der Waals surface area contributed by atoms with Gasteiger partial charge in [-0.15, -0.1) is 0 Å². The maximum atomic E-state index is 12.8. The summed E-state index contributed by atoms with van der Waals surface area (Å²) in [4.78, 5) is 33.9. The predicted octanol–water partition coefficient (Wildman–Crippen LogP) is 4.49. The van der Waals surface area contributed by atoms with Gasteiger partial charge in [-0.1, -0.05) is 0 Å². The van der Waals surface area contributed by atoms with E-state index in [4.69, 9.17) is 9.47 Å². The summed E-state index contributed by atoms with van der Waals surface area (Å²) in [5, 5.41) is 0.508. The van der Waals surface area contributed by atoms with Gasteiger partial charge >= 0.3 is 0 Å². The predicted molar refractivity (Wildman–Crippen MR) is 124 cm³/mol. The van der Waals surface area contributed by atoms with E-state index < -0.39 is 11.1 Å². The molecule has 2 heterocycles. The summed E-state index contributed by atoms with van der Waals surface area (Å²) >= 11 is 0. The summed E-state index contributed by atoms with van der Waals surface area (Å²) in [6.45, 7) is 11.8. The van der Waals surface area contributed by atoms with Gasteiger partial charge in [-0.05, 0) is 90.1 Å². The van der Waals surface area contributed by atoms with E-state index in [9.17, 15) is 9.59 Å². The maximum Gasteiger partial charge on any atom is 0.280 e. The molecular weight excluding hydrogens is 404 g/mol. The van der Waals surface area contributed by atoms with E-state index in [-0.39, 0.29) is 21.6 Å². The van der Waals surface area contributed by atoms with Gasteiger partial charge < -0.3 is 9.47 Å². The van der Waals surface area contributed by atoms with Crippen LogP contribution in [0.15, 0.2) is 58.1 Å². The number of nitrogens with zero attached hydrogens (tertiary/aromatic N) is 2. The van der Waals surface area contributed by atoms with Crippen LogP contribution >= 0.6 is 0 Å². The molecular formula is C26H26N2O4. The van der Waals surface area contributed by atoms with Crippen LogP contribution in [0.4, 0.5) is 0 Å². The summed E-state index contributed by atoms with van der Waals surface area (Å²) < 4.78 is 11.7. The summed E-state index contributed by atoms with van der Waals surface area (Å²) in [7, 11) is 0. The fourth-order valence-electron chi connectivity index (χ4n) is 3.57. The standard InChI is InChI=1S/C26H26N2O4/c1-25(2,3)31-17-11-7-15(8-12-17)21-19-20(24(30)27-21)22(28-23(19)29)16-9-13-18(14-10-16)32-26(4,5)6/h7-14H,1-6H3. The smallest absolute Gasteiger partial charge is 0.280 e. The lowest BCUT2D eigenvalue weighted by Gasteiger charge is -2.21. The van der Waals surface area contributed by atoms with Crippen molar-refractivity contribution in [1.29, 1.82) is 0 Å². The van der Waals surface area contributed by atoms with Gasteiger partial charge in [-0.25, -0.2) is 9.97 Å². The molecule has 0 atom stereocenters. The molecule has 6 heteroatoms. The highest BCUT2D eigenvalue weighted by molar-refractivity contribution is 5.67. The lowest BCUT2D eigenvalue weighted by molar-refractivity contribution is 0.130. The van der Waals surface area contributed by atoms with Gasteiger partial charge in [0.25, 0.3) is 11.1 Å². The quantitative estimate of drug-likeness (QED) is 0.475. The van der Waals surface area contributed by atoms with E-state index in [2.05, 4.69) is 9.97 Å². The molecule has 6 nitrogen and oxygen atoms in total. The fourth-order valence-corrected chi connectivity index (χ4v) is 3.57. The van der Waals surface area contributed by atoms with E-state index in [0.717, 1.165) is 0 Å². The van der Waals surface area contributed by atoms with Crippen LogP contribution in [0.1, 0.15) is 41.5 Å². The molecule has 0 saturated heterocycles. The van der Waals surface area contributed by atoms with Crippen LogP contribution in [0, 0.1) is 10.4 Å². The summed E-state index contributed by atoms with van der Waals surface area (Å²) in [6.07, 6.45) is 0. The van der Waals surface area contributed by atoms with Crippen molar-refractivity contribution in [3.63, 3.8) is 0 Å². The Morgan fingerprint density at radius 2 is 0.875 bits per heavy atom. The first-order valence-electron chi connectivity index (χ1n) is 10.5. The summed E-state index contributed by atoms with van der Waals surface area (Å²) in [5.74, 6) is 1.40. The second kappa shape index (κ2) is 7.55. The van der Waals surface area contributed by atoms with Gasteiger partial charge in [-0.3, -0.25) is 9.59 Å². The number of hydrogen-bond donors (Lipinski definition) is 0. The topological polar surface area (TPSA) is 78.4 Å². The Hall–Kier alpha value is -3.54. The van der Waals surface area contributed by atoms with Crippen LogP contribution in [0.5, 0.6) is 11.5 Å². The zero-order valence-electron chi connectivity index (χ0n) is 19.1. The molecule has 0 saturated carbocycles. The van der Waals surface area contributed by atoms with Gasteiger partial charge in [0, 0.05) is 11.1 Å². The Kier molecular flexibility index (Phi) is 5.12. The van der Waals surface area contributed by atoms with Crippen LogP contribution in [0.3, 0.4) is 0 Å². The highest BCUT2D eigenvalue weighted by Gasteiger charge is 2.20. The molecule has 164 valence electrons. The van der Waals surface area contributed by atoms with Gasteiger partial charge in [-0.2, -0.15) is 0 Å². The number of ether oxygens (including phenoxy) is 2. The van der Waals surface area contributed by atoms with Gasteiger partial charge in [0.15, 0.2) is 0 Å². The number of benzene rings is 2. The Bertz CT molecular complexity index is 1290. The zero-order chi connectivity index (χ0) is 23.3. The first kappa shape index (κ1) is 21.7. The van der Waals surface area contributed by atoms with E-state index >= 15 is 0 Å². The van der Waals surface area contributed by atoms with Crippen molar-refractivity contribution < 1.29 is 9.47 Å². The highest BCUT2D eigenvalue weighted by atomic mass is 16.5. The van der Waals surface area contributed by atoms with E-state index in [1.54, 1.807) is 48.5 Å². The molecule has 2 aromatic rings. The molecule has 2 aliphatic rings. The largest absolute Gasteiger partial charge is 0.488 e. The molecule has 0 aromatic heterocycles. The molecule has 0 aliphatic carbocycles. The van der Waals surface area contributed by atoms with Crippen molar-refractivity contribution >= 4 is 0 Å². The Balaban J connectivity index is 1.76. The van der Waals surface area contributed by atoms with Crippen molar-refractivity contribution in [3.05, 3.63) is 79.7 Å². The number of aromatic nitrogens is 2. The van der Waals surface area contributed by atoms with Gasteiger partial charge in [0.2, 0.25) is 0 Å². The third-order valence-corrected chi connectivity index (χ3v) is 4.68. The Labute approximate surface area is 186 Å². The van der Waals surface area contributed by atoms with Gasteiger partial charge in [0.05, 0.1) is 21.8 Å². The van der Waals surface area contributed by atoms with Crippen molar-refractivity contribution in [2.24, 2.45) is 0 Å². The van der Waals surface area contributed by atoms with E-state index in [1.807, 2.05) is 41.5 Å². The summed E-state index contributed by atoms with van der Waals surface area (Å²) in [5.41, 5.74) is 0.485. The van der Waals surface area contributed by atoms with Crippen molar-refractivity contribution in [1.82, 2.24) is 9.97 Å². The SMILES string of the molecule is CC(C)(C)Oc1ccc(-c2nc(=O)c3c(-c4ccc(OC(C)(C)C)cc4)nc(=O)c2=3)cc1. The molecule has 0 bridgehead atoms. The average Bonchev–Trinajstić information content (AvgIpc) is 3.19. The molecule has 2 aromatic carbocycles. The van der Waals surface area contributed by atoms with Crippen molar-refractivity contribution in [2.45, 2.75) is 52.7 Å². The molecule has 32 heavy (non-hydrogen) atoms. The third kappa shape index (κ3) is 4.40. The molecule has 2 aliphatic heterocycles. The normalized spacial score (nSPS) is 12.3. The zero-order valence-corrected chi connectivity index (χ0v) is 19.1. The second-order valence-corrected chi connectivity index (χ2v) is 9.76. The van der Waals surface area contributed by atoms with Crippen LogP contribution < -0.4 is 20.6 Å². The Morgan fingerprint density at radius 3 is 1.16 bits per heavy atom. The minimum Gasteiger partial charge on any atom is -0.488 e. The molecule has 0 fully saturated rings. The second-order valence-electron chi connectivity index (χ2n) is 9.76. The Morgan fingerprint density at radius 1 is 0.562 bits per heavy atom. The van der Waals surface area contributed by atoms with Crippen molar-refractivity contribution in [3.8, 4) is 34.0 Å². The summed E-state index contributed by atoms with van der Waals surface area (Å²) in [6, 6.07) is 14.4. The molecule has 0 radical (unpaired) electrons. The lowest BCUT2D eigenvalue weighted by Crippen LogP contribution is -2.22. The third-order valence-electron chi connectivity index (χ3n) is 4.68. The molecule has 0 N–H and O–H groups in total. The van der Waals surface area contributed by atoms with E-state index in [1.165, 1.54) is 0 Å². The van der Waals surface area contributed by atoms with Crippen LogP contribution in [0.2, 0.25) is 0 Å². The molecule has 0 unspecified atom stereocenters. The minimum absolute atomic E-state index is 0.254. The van der Waals surface area contributed by atoms with Gasteiger partial charge in [0.1, 0.15) is 22.7 Å². The fraction of sp³-hybridized carbons (Fsp3) is 0.308. The lowest BCUT2D eigenvalue weighted by atomic mass is 10.1. The maximum absolute atomic E-state index is 12.8. The first-order valence-corrected chi connectivity index (χ1v) is 10.5. The highest BCUT2D eigenvalue weighted by Crippen LogP contribution is 2.27. The van der Waals surface area contributed by atoms with Crippen molar-refractivity contribution in [2.75, 3.05) is 0 Å². The van der Waals surface area contributed by atoms with Crippen LogP contribution in [-0.4, -0.2) is 21.2 Å². The minimum atomic E-state index is -0.454.